The number of benzene rings is 1. The van der Waals surface area contributed by atoms with Gasteiger partial charge in [0.05, 0.1) is 4.90 Å². The van der Waals surface area contributed by atoms with E-state index >= 15 is 0 Å². The molecule has 1 atom stereocenters. The molecule has 1 aromatic rings. The van der Waals surface area contributed by atoms with Gasteiger partial charge in [0.15, 0.2) is 11.1 Å². The van der Waals surface area contributed by atoms with Crippen LogP contribution in [0.25, 0.3) is 0 Å². The van der Waals surface area contributed by atoms with Gasteiger partial charge >= 0.3 is 5.51 Å². The van der Waals surface area contributed by atoms with E-state index in [-0.39, 0.29) is 21.6 Å². The SMILES string of the molecule is O=S(O)c1ccc(SC(F)(F)F)cc1. The van der Waals surface area contributed by atoms with Crippen LogP contribution in [-0.4, -0.2) is 14.3 Å². The summed E-state index contributed by atoms with van der Waals surface area (Å²) in [4.78, 5) is 0.0724. The molecule has 0 amide bonds. The molecule has 7 heteroatoms. The molecule has 2 nitrogen and oxygen atoms in total. The van der Waals surface area contributed by atoms with E-state index in [1.54, 1.807) is 0 Å². The summed E-state index contributed by atoms with van der Waals surface area (Å²) in [6.45, 7) is 0. The molecule has 78 valence electrons. The van der Waals surface area contributed by atoms with E-state index in [4.69, 9.17) is 4.55 Å². The van der Waals surface area contributed by atoms with Crippen LogP contribution in [0.1, 0.15) is 0 Å². The molecule has 1 N–H and O–H groups in total. The van der Waals surface area contributed by atoms with Crippen molar-refractivity contribution in [2.24, 2.45) is 0 Å². The van der Waals surface area contributed by atoms with Gasteiger partial charge in [-0.15, -0.1) is 0 Å². The highest BCUT2D eigenvalue weighted by Crippen LogP contribution is 2.36. The molecule has 0 bridgehead atoms. The topological polar surface area (TPSA) is 37.3 Å². The van der Waals surface area contributed by atoms with Gasteiger partial charge in [-0.25, -0.2) is 4.21 Å². The summed E-state index contributed by atoms with van der Waals surface area (Å²) in [6.07, 6.45) is 0. The Morgan fingerprint density at radius 2 is 1.71 bits per heavy atom. The molecule has 0 radical (unpaired) electrons. The van der Waals surface area contributed by atoms with Gasteiger partial charge in [-0.2, -0.15) is 13.2 Å². The lowest BCUT2D eigenvalue weighted by Crippen LogP contribution is -1.99. The van der Waals surface area contributed by atoms with Crippen molar-refractivity contribution < 1.29 is 21.9 Å². The van der Waals surface area contributed by atoms with Gasteiger partial charge in [0.25, 0.3) is 0 Å². The average molecular weight is 242 g/mol. The summed E-state index contributed by atoms with van der Waals surface area (Å²) in [5.41, 5.74) is -4.33. The molecule has 14 heavy (non-hydrogen) atoms. The maximum atomic E-state index is 11.9. The van der Waals surface area contributed by atoms with Crippen LogP contribution in [-0.2, 0) is 11.1 Å². The van der Waals surface area contributed by atoms with Gasteiger partial charge in [-0.3, -0.25) is 0 Å². The fraction of sp³-hybridized carbons (Fsp3) is 0.143. The van der Waals surface area contributed by atoms with E-state index in [1.165, 1.54) is 12.1 Å². The van der Waals surface area contributed by atoms with Crippen molar-refractivity contribution in [3.05, 3.63) is 24.3 Å². The summed E-state index contributed by atoms with van der Waals surface area (Å²) in [5, 5.41) is 0. The third kappa shape index (κ3) is 3.69. The molecule has 0 saturated heterocycles. The Labute approximate surface area is 84.8 Å². The molecule has 1 unspecified atom stereocenters. The summed E-state index contributed by atoms with van der Waals surface area (Å²) in [6, 6.07) is 4.68. The van der Waals surface area contributed by atoms with Crippen molar-refractivity contribution in [1.29, 1.82) is 0 Å². The van der Waals surface area contributed by atoms with Crippen LogP contribution in [0.15, 0.2) is 34.1 Å². The number of rotatable bonds is 2. The van der Waals surface area contributed by atoms with E-state index in [9.17, 15) is 17.4 Å². The Hall–Kier alpha value is -0.530. The normalized spacial score (nSPS) is 14.0. The van der Waals surface area contributed by atoms with Crippen LogP contribution in [0, 0.1) is 0 Å². The first-order valence-electron chi connectivity index (χ1n) is 3.35. The summed E-state index contributed by atoms with van der Waals surface area (Å²) in [5.74, 6) is 0. The van der Waals surface area contributed by atoms with E-state index in [0.717, 1.165) is 12.1 Å². The van der Waals surface area contributed by atoms with Gasteiger partial charge < -0.3 is 4.55 Å². The van der Waals surface area contributed by atoms with E-state index in [2.05, 4.69) is 0 Å². The zero-order chi connectivity index (χ0) is 10.8. The van der Waals surface area contributed by atoms with Gasteiger partial charge in [0.2, 0.25) is 0 Å². The molecule has 0 heterocycles. The average Bonchev–Trinajstić information content (AvgIpc) is 2.02. The molecular formula is C7H5F3O2S2. The van der Waals surface area contributed by atoms with Crippen molar-refractivity contribution in [2.45, 2.75) is 15.3 Å². The lowest BCUT2D eigenvalue weighted by molar-refractivity contribution is -0.0328. The Morgan fingerprint density at radius 3 is 2.07 bits per heavy atom. The van der Waals surface area contributed by atoms with Crippen molar-refractivity contribution in [3.63, 3.8) is 0 Å². The second-order valence-corrected chi connectivity index (χ2v) is 4.38. The molecule has 0 aliphatic heterocycles. The molecule has 0 aliphatic rings. The van der Waals surface area contributed by atoms with Crippen LogP contribution in [0.5, 0.6) is 0 Å². The minimum Gasteiger partial charge on any atom is -0.302 e. The minimum absolute atomic E-state index is 0.00769. The summed E-state index contributed by atoms with van der Waals surface area (Å²) >= 11 is -2.41. The highest BCUT2D eigenvalue weighted by Gasteiger charge is 2.29. The Morgan fingerprint density at radius 1 is 1.21 bits per heavy atom. The van der Waals surface area contributed by atoms with Crippen LogP contribution >= 0.6 is 11.8 Å². The maximum absolute atomic E-state index is 11.9. The van der Waals surface area contributed by atoms with E-state index in [0.29, 0.717) is 0 Å². The molecule has 0 saturated carbocycles. The molecule has 0 fully saturated rings. The van der Waals surface area contributed by atoms with Crippen LogP contribution in [0.3, 0.4) is 0 Å². The predicted molar refractivity (Wildman–Crippen MR) is 47.4 cm³/mol. The Kier molecular flexibility index (Phi) is 3.57. The number of hydrogen-bond acceptors (Lipinski definition) is 2. The molecule has 0 aromatic heterocycles. The highest BCUT2D eigenvalue weighted by molar-refractivity contribution is 8.00. The van der Waals surface area contributed by atoms with Crippen molar-refractivity contribution in [3.8, 4) is 0 Å². The highest BCUT2D eigenvalue weighted by atomic mass is 32.2. The number of halogens is 3. The van der Waals surface area contributed by atoms with E-state index < -0.39 is 16.6 Å². The van der Waals surface area contributed by atoms with Gasteiger partial charge in [0.1, 0.15) is 0 Å². The minimum atomic E-state index is -4.33. The third-order valence-corrected chi connectivity index (χ3v) is 2.67. The van der Waals surface area contributed by atoms with Crippen molar-refractivity contribution in [2.75, 3.05) is 0 Å². The lowest BCUT2D eigenvalue weighted by atomic mass is 10.4. The first-order chi connectivity index (χ1) is 6.38. The van der Waals surface area contributed by atoms with Crippen LogP contribution in [0.4, 0.5) is 13.2 Å². The fourth-order valence-corrected chi connectivity index (χ4v) is 1.67. The van der Waals surface area contributed by atoms with Crippen molar-refractivity contribution >= 4 is 22.8 Å². The maximum Gasteiger partial charge on any atom is 0.446 e. The molecular weight excluding hydrogens is 237 g/mol. The van der Waals surface area contributed by atoms with Crippen LogP contribution in [0.2, 0.25) is 0 Å². The van der Waals surface area contributed by atoms with Gasteiger partial charge in [0, 0.05) is 4.90 Å². The largest absolute Gasteiger partial charge is 0.446 e. The standard InChI is InChI=1S/C7H5F3O2S2/c8-7(9,10)13-5-1-3-6(4-2-5)14(11)12/h1-4H,(H,11,12). The van der Waals surface area contributed by atoms with Crippen LogP contribution < -0.4 is 0 Å². The quantitative estimate of drug-likeness (QED) is 0.640. The Balaban J connectivity index is 2.79. The third-order valence-electron chi connectivity index (χ3n) is 1.26. The summed E-state index contributed by atoms with van der Waals surface area (Å²) < 4.78 is 54.6. The second-order valence-electron chi connectivity index (χ2n) is 2.27. The number of alkyl halides is 3. The van der Waals surface area contributed by atoms with Gasteiger partial charge in [-0.1, -0.05) is 0 Å². The van der Waals surface area contributed by atoms with Gasteiger partial charge in [-0.05, 0) is 36.0 Å². The Bertz CT molecular complexity index is 334. The number of hydrogen-bond donors (Lipinski definition) is 1. The second kappa shape index (κ2) is 4.33. The monoisotopic (exact) mass is 242 g/mol. The fourth-order valence-electron chi connectivity index (χ4n) is 0.758. The summed E-state index contributed by atoms with van der Waals surface area (Å²) in [7, 11) is 0. The first kappa shape index (κ1) is 11.5. The lowest BCUT2D eigenvalue weighted by Gasteiger charge is -2.04. The molecule has 0 aliphatic carbocycles. The van der Waals surface area contributed by atoms with Crippen molar-refractivity contribution in [1.82, 2.24) is 0 Å². The smallest absolute Gasteiger partial charge is 0.302 e. The van der Waals surface area contributed by atoms with E-state index in [1.807, 2.05) is 0 Å². The molecule has 1 aromatic carbocycles. The zero-order valence-corrected chi connectivity index (χ0v) is 8.25. The predicted octanol–water partition coefficient (Wildman–Crippen LogP) is 2.88. The number of thioether (sulfide) groups is 1. The zero-order valence-electron chi connectivity index (χ0n) is 6.62. The molecule has 1 rings (SSSR count). The first-order valence-corrected chi connectivity index (χ1v) is 5.27. The molecule has 0 spiro atoms.